The number of Topliss-reactive ketones (excluding diaryl/α,β-unsaturated/α-hetero) is 1. The largest absolute Gasteiger partial charge is 0.493 e. The molecular formula is C12H4F8N2O2Zn. The summed E-state index contributed by atoms with van der Waals surface area (Å²) in [5, 5.41) is 12.7. The van der Waals surface area contributed by atoms with Crippen molar-refractivity contribution in [3.63, 3.8) is 0 Å². The minimum Gasteiger partial charge on any atom is -0.493 e. The quantitative estimate of drug-likeness (QED) is 0.264. The number of aromatic nitrogens is 2. The van der Waals surface area contributed by atoms with Gasteiger partial charge in [0.05, 0.1) is 5.69 Å². The summed E-state index contributed by atoms with van der Waals surface area (Å²) in [7, 11) is 0. The monoisotopic (exact) mass is 424 g/mol. The number of benzene rings is 1. The average Bonchev–Trinajstić information content (AvgIpc) is 2.76. The molecule has 1 aromatic carbocycles. The summed E-state index contributed by atoms with van der Waals surface area (Å²) >= 11 is 0. The van der Waals surface area contributed by atoms with Crippen LogP contribution in [0, 0.1) is 36.0 Å². The number of alkyl halides is 3. The molecule has 0 atom stereocenters. The molecule has 1 heterocycles. The minimum atomic E-state index is -5.47. The summed E-state index contributed by atoms with van der Waals surface area (Å²) < 4.78 is 103. The maximum atomic E-state index is 13.6. The zero-order chi connectivity index (χ0) is 18.6. The van der Waals surface area contributed by atoms with Gasteiger partial charge in [0.25, 0.3) is 5.78 Å². The van der Waals surface area contributed by atoms with Crippen molar-refractivity contribution in [2.75, 3.05) is 0 Å². The van der Waals surface area contributed by atoms with E-state index in [4.69, 9.17) is 0 Å². The first-order valence-electron chi connectivity index (χ1n) is 5.81. The number of halogens is 8. The topological polar surface area (TPSA) is 55.1 Å². The van der Waals surface area contributed by atoms with Crippen LogP contribution in [0.5, 0.6) is 5.88 Å². The third kappa shape index (κ3) is 3.24. The predicted molar refractivity (Wildman–Crippen MR) is 60.1 cm³/mol. The molecule has 13 heteroatoms. The standard InChI is InChI=1S/C12H4F8N2O2.Zn/c1-2-3(10(23)12(18,19)20)11(24)22(21-2)9-7(16)5(14)4(13)6(15)8(9)17;/h24H,1H3;. The van der Waals surface area contributed by atoms with E-state index < -0.39 is 63.9 Å². The number of carbonyl (C=O) groups excluding carboxylic acids is 1. The van der Waals surface area contributed by atoms with Crippen LogP contribution in [0.2, 0.25) is 0 Å². The SMILES string of the molecule is Cc1nn(-c2c(F)c(F)c(F)c(F)c2F)c(O)c1C(=O)C(F)(F)F.[Zn]. The summed E-state index contributed by atoms with van der Waals surface area (Å²) in [6.45, 7) is 0.765. The van der Waals surface area contributed by atoms with Gasteiger partial charge in [0.2, 0.25) is 11.7 Å². The van der Waals surface area contributed by atoms with Crippen molar-refractivity contribution in [3.8, 4) is 11.6 Å². The molecule has 132 valence electrons. The Labute approximate surface area is 145 Å². The van der Waals surface area contributed by atoms with Gasteiger partial charge in [-0.15, -0.1) is 0 Å². The fourth-order valence-electron chi connectivity index (χ4n) is 1.86. The molecule has 0 radical (unpaired) electrons. The van der Waals surface area contributed by atoms with E-state index >= 15 is 0 Å². The van der Waals surface area contributed by atoms with Gasteiger partial charge in [0, 0.05) is 19.5 Å². The van der Waals surface area contributed by atoms with Crippen molar-refractivity contribution < 1.29 is 64.5 Å². The van der Waals surface area contributed by atoms with E-state index in [1.165, 1.54) is 0 Å². The van der Waals surface area contributed by atoms with Crippen LogP contribution in [0.15, 0.2) is 0 Å². The summed E-state index contributed by atoms with van der Waals surface area (Å²) in [6.07, 6.45) is -5.47. The zero-order valence-electron chi connectivity index (χ0n) is 12.0. The molecule has 0 saturated heterocycles. The van der Waals surface area contributed by atoms with Crippen LogP contribution in [0.3, 0.4) is 0 Å². The summed E-state index contributed by atoms with van der Waals surface area (Å²) in [5.74, 6) is -16.5. The number of aromatic hydroxyl groups is 1. The third-order valence-corrected chi connectivity index (χ3v) is 2.92. The molecule has 1 N–H and O–H groups in total. The molecule has 0 unspecified atom stereocenters. The van der Waals surface area contributed by atoms with Crippen LogP contribution in [-0.2, 0) is 19.5 Å². The molecule has 2 rings (SSSR count). The molecule has 0 spiro atoms. The number of aryl methyl sites for hydroxylation is 1. The Morgan fingerprint density at radius 1 is 0.960 bits per heavy atom. The van der Waals surface area contributed by atoms with Crippen LogP contribution < -0.4 is 0 Å². The third-order valence-electron chi connectivity index (χ3n) is 2.92. The van der Waals surface area contributed by atoms with Crippen LogP contribution >= 0.6 is 0 Å². The van der Waals surface area contributed by atoms with Crippen LogP contribution in [0.25, 0.3) is 5.69 Å². The first kappa shape index (κ1) is 21.0. The van der Waals surface area contributed by atoms with Crippen LogP contribution in [0.4, 0.5) is 35.1 Å². The molecule has 2 aromatic rings. The van der Waals surface area contributed by atoms with Crippen molar-refractivity contribution in [3.05, 3.63) is 40.3 Å². The fourth-order valence-corrected chi connectivity index (χ4v) is 1.86. The Morgan fingerprint density at radius 2 is 1.36 bits per heavy atom. The molecule has 0 aliphatic rings. The van der Waals surface area contributed by atoms with Gasteiger partial charge in [-0.2, -0.15) is 23.0 Å². The Kier molecular flexibility index (Phi) is 5.63. The van der Waals surface area contributed by atoms with E-state index in [1.54, 1.807) is 0 Å². The van der Waals surface area contributed by atoms with E-state index in [9.17, 15) is 45.0 Å². The molecule has 0 aliphatic heterocycles. The van der Waals surface area contributed by atoms with Gasteiger partial charge in [-0.1, -0.05) is 0 Å². The number of rotatable bonds is 2. The normalized spacial score (nSPS) is 11.4. The maximum Gasteiger partial charge on any atom is 0.455 e. The van der Waals surface area contributed by atoms with Crippen molar-refractivity contribution in [1.29, 1.82) is 0 Å². The second kappa shape index (κ2) is 6.70. The summed E-state index contributed by atoms with van der Waals surface area (Å²) in [5.41, 5.74) is -4.14. The minimum absolute atomic E-state index is 0. The molecule has 0 amide bonds. The Hall–Kier alpha value is -2.04. The molecule has 4 nitrogen and oxygen atoms in total. The second-order valence-electron chi connectivity index (χ2n) is 4.44. The number of carbonyl (C=O) groups is 1. The van der Waals surface area contributed by atoms with Gasteiger partial charge in [-0.3, -0.25) is 4.79 Å². The van der Waals surface area contributed by atoms with E-state index in [-0.39, 0.29) is 24.2 Å². The van der Waals surface area contributed by atoms with Crippen LogP contribution in [-0.4, -0.2) is 26.8 Å². The second-order valence-corrected chi connectivity index (χ2v) is 4.44. The van der Waals surface area contributed by atoms with Crippen LogP contribution in [0.1, 0.15) is 16.1 Å². The molecule has 0 aliphatic carbocycles. The van der Waals surface area contributed by atoms with E-state index in [0.717, 1.165) is 6.92 Å². The Morgan fingerprint density at radius 3 is 1.76 bits per heavy atom. The molecule has 0 bridgehead atoms. The van der Waals surface area contributed by atoms with Gasteiger partial charge < -0.3 is 5.11 Å². The molecule has 25 heavy (non-hydrogen) atoms. The molecule has 0 fully saturated rings. The summed E-state index contributed by atoms with van der Waals surface area (Å²) in [4.78, 5) is 11.2. The fraction of sp³-hybridized carbons (Fsp3) is 0.167. The molecule has 0 saturated carbocycles. The van der Waals surface area contributed by atoms with Gasteiger partial charge >= 0.3 is 6.18 Å². The van der Waals surface area contributed by atoms with Gasteiger partial charge in [-0.05, 0) is 6.92 Å². The van der Waals surface area contributed by atoms with Crippen molar-refractivity contribution >= 4 is 5.78 Å². The van der Waals surface area contributed by atoms with E-state index in [2.05, 4.69) is 5.10 Å². The maximum absolute atomic E-state index is 13.6. The van der Waals surface area contributed by atoms with Crippen molar-refractivity contribution in [1.82, 2.24) is 9.78 Å². The van der Waals surface area contributed by atoms with E-state index in [1.807, 2.05) is 0 Å². The van der Waals surface area contributed by atoms with Crippen molar-refractivity contribution in [2.45, 2.75) is 13.1 Å². The van der Waals surface area contributed by atoms with Gasteiger partial charge in [-0.25, -0.2) is 22.0 Å². The number of ketones is 1. The molecule has 1 aromatic heterocycles. The first-order valence-corrected chi connectivity index (χ1v) is 5.81. The van der Waals surface area contributed by atoms with E-state index in [0.29, 0.717) is 0 Å². The first-order chi connectivity index (χ1) is 10.9. The average molecular weight is 426 g/mol. The number of hydrogen-bond donors (Lipinski definition) is 1. The molecular weight excluding hydrogens is 422 g/mol. The Bertz CT molecular complexity index is 833. The van der Waals surface area contributed by atoms with Gasteiger partial charge in [0.1, 0.15) is 11.3 Å². The van der Waals surface area contributed by atoms with Crippen molar-refractivity contribution in [2.24, 2.45) is 0 Å². The summed E-state index contributed by atoms with van der Waals surface area (Å²) in [6, 6.07) is 0. The zero-order valence-corrected chi connectivity index (χ0v) is 14.9. The number of nitrogens with zero attached hydrogens (tertiary/aromatic N) is 2. The van der Waals surface area contributed by atoms with Gasteiger partial charge in [0.15, 0.2) is 23.3 Å². The number of hydrogen-bond acceptors (Lipinski definition) is 3. The predicted octanol–water partition coefficient (Wildman–Crippen LogP) is 3.32. The Balaban J connectivity index is 0.00000312. The smallest absolute Gasteiger partial charge is 0.455 e.